The van der Waals surface area contributed by atoms with Crippen molar-refractivity contribution in [2.45, 2.75) is 13.5 Å². The SMILES string of the molecule is CC(=O)c1ccc(-c2ccnc3[nH]c(-c4n[nH]c5cnc(-c6cncc(CN(C)C)c6)cc45)cc23)s1. The summed E-state index contributed by atoms with van der Waals surface area (Å²) in [6.07, 6.45) is 7.31. The van der Waals surface area contributed by atoms with Gasteiger partial charge in [0.1, 0.15) is 11.3 Å². The topological polar surface area (TPSA) is 103 Å². The quantitative estimate of drug-likeness (QED) is 0.295. The highest BCUT2D eigenvalue weighted by Crippen LogP contribution is 2.36. The number of pyridine rings is 3. The van der Waals surface area contributed by atoms with Crippen molar-refractivity contribution >= 4 is 39.1 Å². The molecule has 2 N–H and O–H groups in total. The molecule has 0 aromatic carbocycles. The van der Waals surface area contributed by atoms with E-state index in [1.165, 1.54) is 11.3 Å². The maximum absolute atomic E-state index is 11.8. The van der Waals surface area contributed by atoms with Crippen LogP contribution in [0.3, 0.4) is 0 Å². The van der Waals surface area contributed by atoms with Crippen LogP contribution in [-0.4, -0.2) is 54.9 Å². The normalized spacial score (nSPS) is 11.7. The Morgan fingerprint density at radius 1 is 1.03 bits per heavy atom. The third-order valence-electron chi connectivity index (χ3n) is 6.04. The lowest BCUT2D eigenvalue weighted by Gasteiger charge is -2.10. The molecular formula is C27H23N7OS. The third-order valence-corrected chi connectivity index (χ3v) is 7.26. The molecule has 0 bridgehead atoms. The number of hydrogen-bond acceptors (Lipinski definition) is 7. The molecule has 0 aliphatic rings. The Bertz CT molecular complexity index is 1740. The van der Waals surface area contributed by atoms with E-state index in [2.05, 4.69) is 47.2 Å². The van der Waals surface area contributed by atoms with E-state index in [4.69, 9.17) is 0 Å². The first kappa shape index (κ1) is 22.3. The van der Waals surface area contributed by atoms with Crippen LogP contribution in [0, 0.1) is 0 Å². The summed E-state index contributed by atoms with van der Waals surface area (Å²) in [6.45, 7) is 2.40. The van der Waals surface area contributed by atoms with Crippen molar-refractivity contribution in [3.05, 3.63) is 71.6 Å². The summed E-state index contributed by atoms with van der Waals surface area (Å²) < 4.78 is 0. The van der Waals surface area contributed by atoms with Gasteiger partial charge in [-0.25, -0.2) is 4.98 Å². The summed E-state index contributed by atoms with van der Waals surface area (Å²) in [5.74, 6) is 0.0705. The second kappa shape index (κ2) is 8.78. The molecule has 8 nitrogen and oxygen atoms in total. The number of nitrogens with one attached hydrogen (secondary N) is 2. The second-order valence-electron chi connectivity index (χ2n) is 9.03. The average molecular weight is 494 g/mol. The van der Waals surface area contributed by atoms with Gasteiger partial charge in [-0.2, -0.15) is 5.10 Å². The van der Waals surface area contributed by atoms with E-state index in [1.807, 2.05) is 50.8 Å². The number of H-pyrrole nitrogens is 2. The fraction of sp³-hybridized carbons (Fsp3) is 0.148. The predicted molar refractivity (Wildman–Crippen MR) is 143 cm³/mol. The molecule has 0 atom stereocenters. The van der Waals surface area contributed by atoms with E-state index < -0.39 is 0 Å². The Balaban J connectivity index is 1.43. The van der Waals surface area contributed by atoms with Gasteiger partial charge in [-0.15, -0.1) is 11.3 Å². The number of aromatic amines is 2. The number of nitrogens with zero attached hydrogens (tertiary/aromatic N) is 5. The van der Waals surface area contributed by atoms with Gasteiger partial charge < -0.3 is 9.88 Å². The first-order valence-electron chi connectivity index (χ1n) is 11.5. The molecule has 0 radical (unpaired) electrons. The van der Waals surface area contributed by atoms with Crippen molar-refractivity contribution < 1.29 is 4.79 Å². The van der Waals surface area contributed by atoms with Gasteiger partial charge in [0.05, 0.1) is 28.0 Å². The van der Waals surface area contributed by atoms with Crippen molar-refractivity contribution in [1.82, 2.24) is 35.0 Å². The van der Waals surface area contributed by atoms with Crippen LogP contribution < -0.4 is 0 Å². The van der Waals surface area contributed by atoms with Gasteiger partial charge in [0.25, 0.3) is 0 Å². The van der Waals surface area contributed by atoms with E-state index in [9.17, 15) is 4.79 Å². The molecule has 0 aliphatic heterocycles. The molecule has 178 valence electrons. The van der Waals surface area contributed by atoms with Gasteiger partial charge in [0.15, 0.2) is 5.78 Å². The van der Waals surface area contributed by atoms with Crippen LogP contribution in [0.2, 0.25) is 0 Å². The van der Waals surface area contributed by atoms with Gasteiger partial charge in [0.2, 0.25) is 0 Å². The molecule has 0 saturated heterocycles. The lowest BCUT2D eigenvalue weighted by molar-refractivity contribution is 0.102. The molecule has 6 aromatic rings. The maximum atomic E-state index is 11.8. The fourth-order valence-electron chi connectivity index (χ4n) is 4.40. The van der Waals surface area contributed by atoms with Crippen molar-refractivity contribution in [2.24, 2.45) is 0 Å². The number of Topliss-reactive ketones (excluding diaryl/α,β-unsaturated/α-hetero) is 1. The zero-order valence-electron chi connectivity index (χ0n) is 20.0. The molecule has 0 amide bonds. The fourth-order valence-corrected chi connectivity index (χ4v) is 5.34. The highest BCUT2D eigenvalue weighted by Gasteiger charge is 2.16. The van der Waals surface area contributed by atoms with E-state index in [0.29, 0.717) is 0 Å². The van der Waals surface area contributed by atoms with Crippen molar-refractivity contribution in [3.8, 4) is 33.1 Å². The number of aromatic nitrogens is 6. The molecule has 6 aromatic heterocycles. The smallest absolute Gasteiger partial charge is 0.169 e. The number of fused-ring (bicyclic) bond motifs is 2. The van der Waals surface area contributed by atoms with E-state index in [1.54, 1.807) is 19.3 Å². The molecule has 6 heterocycles. The minimum atomic E-state index is 0.0705. The number of rotatable bonds is 6. The van der Waals surface area contributed by atoms with Gasteiger partial charge in [-0.3, -0.25) is 19.9 Å². The molecule has 0 unspecified atom stereocenters. The molecule has 0 fully saturated rings. The molecule has 6 rings (SSSR count). The highest BCUT2D eigenvalue weighted by atomic mass is 32.1. The molecule has 36 heavy (non-hydrogen) atoms. The average Bonchev–Trinajstić information content (AvgIpc) is 3.60. The third kappa shape index (κ3) is 3.98. The number of thiophene rings is 1. The number of hydrogen-bond donors (Lipinski definition) is 2. The Hall–Kier alpha value is -4.21. The lowest BCUT2D eigenvalue weighted by Crippen LogP contribution is -2.10. The zero-order valence-corrected chi connectivity index (χ0v) is 20.8. The van der Waals surface area contributed by atoms with Crippen LogP contribution in [-0.2, 0) is 6.54 Å². The van der Waals surface area contributed by atoms with Crippen LogP contribution in [0.1, 0.15) is 22.2 Å². The monoisotopic (exact) mass is 493 g/mol. The van der Waals surface area contributed by atoms with Crippen LogP contribution in [0.5, 0.6) is 0 Å². The van der Waals surface area contributed by atoms with Crippen molar-refractivity contribution in [2.75, 3.05) is 14.1 Å². The summed E-state index contributed by atoms with van der Waals surface area (Å²) in [5, 5.41) is 9.63. The van der Waals surface area contributed by atoms with E-state index >= 15 is 0 Å². The van der Waals surface area contributed by atoms with Gasteiger partial charge in [0, 0.05) is 51.9 Å². The summed E-state index contributed by atoms with van der Waals surface area (Å²) >= 11 is 1.49. The van der Waals surface area contributed by atoms with Crippen LogP contribution in [0.15, 0.2) is 61.2 Å². The number of ketones is 1. The van der Waals surface area contributed by atoms with Gasteiger partial charge in [-0.1, -0.05) is 0 Å². The number of carbonyl (C=O) groups is 1. The van der Waals surface area contributed by atoms with Crippen LogP contribution in [0.25, 0.3) is 55.0 Å². The predicted octanol–water partition coefficient (Wildman–Crippen LogP) is 5.56. The summed E-state index contributed by atoms with van der Waals surface area (Å²) in [4.78, 5) is 32.7. The van der Waals surface area contributed by atoms with Crippen LogP contribution in [0.4, 0.5) is 0 Å². The molecule has 9 heteroatoms. The second-order valence-corrected chi connectivity index (χ2v) is 10.1. The van der Waals surface area contributed by atoms with E-state index in [-0.39, 0.29) is 5.78 Å². The van der Waals surface area contributed by atoms with Gasteiger partial charge in [-0.05, 0) is 63.0 Å². The van der Waals surface area contributed by atoms with Crippen molar-refractivity contribution in [3.63, 3.8) is 0 Å². The van der Waals surface area contributed by atoms with Crippen LogP contribution >= 0.6 is 11.3 Å². The maximum Gasteiger partial charge on any atom is 0.169 e. The first-order chi connectivity index (χ1) is 17.5. The zero-order chi connectivity index (χ0) is 24.8. The lowest BCUT2D eigenvalue weighted by atomic mass is 10.1. The van der Waals surface area contributed by atoms with E-state index in [0.717, 1.165) is 72.0 Å². The molecular weight excluding hydrogens is 470 g/mol. The largest absolute Gasteiger partial charge is 0.338 e. The molecule has 0 aliphatic carbocycles. The minimum absolute atomic E-state index is 0.0705. The standard InChI is InChI=1S/C27H23N7OS/c1-15(35)24-4-5-25(36-24)18-6-7-29-27-19(18)9-22(31-27)26-20-10-21(30-13-23(20)32-33-26)17-8-16(11-28-12-17)14-34(2)3/h4-13H,14H2,1-3H3,(H,29,31)(H,32,33). The summed E-state index contributed by atoms with van der Waals surface area (Å²) in [6, 6.07) is 12.1. The first-order valence-corrected chi connectivity index (χ1v) is 12.3. The summed E-state index contributed by atoms with van der Waals surface area (Å²) in [5.41, 5.74) is 7.23. The molecule has 0 spiro atoms. The Morgan fingerprint density at radius 3 is 2.72 bits per heavy atom. The minimum Gasteiger partial charge on any atom is -0.338 e. The highest BCUT2D eigenvalue weighted by molar-refractivity contribution is 7.17. The Morgan fingerprint density at radius 2 is 1.92 bits per heavy atom. The number of carbonyl (C=O) groups excluding carboxylic acids is 1. The summed E-state index contributed by atoms with van der Waals surface area (Å²) in [7, 11) is 4.08. The van der Waals surface area contributed by atoms with Gasteiger partial charge >= 0.3 is 0 Å². The molecule has 0 saturated carbocycles. The Kier molecular flexibility index (Phi) is 5.43. The Labute approximate surface area is 211 Å². The van der Waals surface area contributed by atoms with Crippen molar-refractivity contribution in [1.29, 1.82) is 0 Å².